The van der Waals surface area contributed by atoms with Crippen molar-refractivity contribution in [3.8, 4) is 0 Å². The summed E-state index contributed by atoms with van der Waals surface area (Å²) < 4.78 is 1.87. The van der Waals surface area contributed by atoms with Gasteiger partial charge in [0.05, 0.1) is 11.2 Å². The highest BCUT2D eigenvalue weighted by atomic mass is 32.2. The summed E-state index contributed by atoms with van der Waals surface area (Å²) in [6.45, 7) is 12.6. The Bertz CT molecular complexity index is 1210. The monoisotopic (exact) mass is 486 g/mol. The smallest absolute Gasteiger partial charge is 0.126 e. The first-order valence-electron chi connectivity index (χ1n) is 12.0. The summed E-state index contributed by atoms with van der Waals surface area (Å²) in [7, 11) is 4.13. The van der Waals surface area contributed by atoms with E-state index in [0.29, 0.717) is 5.25 Å². The predicted octanol–water partition coefficient (Wildman–Crippen LogP) is 5.38. The normalized spacial score (nSPS) is 18.5. The topological polar surface area (TPSA) is 58.3 Å². The molecule has 2 aromatic heterocycles. The molecule has 182 valence electrons. The maximum Gasteiger partial charge on any atom is 0.126 e. The molecule has 0 unspecified atom stereocenters. The SMILES string of the molecule is C=C/C(=C\C=C1\C=NC(NC(=C)c2ccnc(SC3CCN(C)CC3)c2)=CC1)c1cnn(C)c1C. The lowest BCUT2D eigenvalue weighted by Gasteiger charge is -2.28. The van der Waals surface area contributed by atoms with Gasteiger partial charge in [-0.05, 0) is 75.7 Å². The van der Waals surface area contributed by atoms with Crippen molar-refractivity contribution < 1.29 is 0 Å². The van der Waals surface area contributed by atoms with E-state index in [1.54, 1.807) is 0 Å². The minimum absolute atomic E-state index is 0.628. The van der Waals surface area contributed by atoms with Gasteiger partial charge in [-0.3, -0.25) is 4.68 Å². The molecule has 2 aliphatic heterocycles. The second-order valence-corrected chi connectivity index (χ2v) is 10.3. The summed E-state index contributed by atoms with van der Waals surface area (Å²) in [6.07, 6.45) is 17.0. The lowest BCUT2D eigenvalue weighted by atomic mass is 10.0. The Labute approximate surface area is 212 Å². The fourth-order valence-electron chi connectivity index (χ4n) is 4.08. The van der Waals surface area contributed by atoms with Gasteiger partial charge in [0.15, 0.2) is 0 Å². The van der Waals surface area contributed by atoms with Crippen LogP contribution < -0.4 is 5.32 Å². The van der Waals surface area contributed by atoms with Gasteiger partial charge in [0.1, 0.15) is 5.82 Å². The number of rotatable bonds is 8. The largest absolute Gasteiger partial charge is 0.340 e. The van der Waals surface area contributed by atoms with E-state index in [1.165, 1.54) is 12.8 Å². The maximum absolute atomic E-state index is 4.60. The lowest BCUT2D eigenvalue weighted by Crippen LogP contribution is -2.31. The zero-order valence-electron chi connectivity index (χ0n) is 20.9. The third-order valence-corrected chi connectivity index (χ3v) is 7.73. The van der Waals surface area contributed by atoms with Crippen molar-refractivity contribution in [2.45, 2.75) is 36.5 Å². The molecule has 7 heteroatoms. The van der Waals surface area contributed by atoms with Gasteiger partial charge in [0.2, 0.25) is 0 Å². The van der Waals surface area contributed by atoms with Crippen LogP contribution in [-0.4, -0.2) is 51.3 Å². The van der Waals surface area contributed by atoms with Crippen molar-refractivity contribution in [3.05, 3.63) is 90.2 Å². The van der Waals surface area contributed by atoms with Crippen molar-refractivity contribution in [2.24, 2.45) is 12.0 Å². The van der Waals surface area contributed by atoms with Crippen molar-refractivity contribution >= 4 is 29.2 Å². The molecule has 2 aromatic rings. The van der Waals surface area contributed by atoms with E-state index in [2.05, 4.69) is 76.7 Å². The van der Waals surface area contributed by atoms with Crippen LogP contribution in [0.2, 0.25) is 0 Å². The first-order valence-corrected chi connectivity index (χ1v) is 12.8. The van der Waals surface area contributed by atoms with Gasteiger partial charge in [-0.1, -0.05) is 31.4 Å². The highest BCUT2D eigenvalue weighted by molar-refractivity contribution is 7.99. The summed E-state index contributed by atoms with van der Waals surface area (Å²) in [5.74, 6) is 0.810. The highest BCUT2D eigenvalue weighted by Crippen LogP contribution is 2.30. The Morgan fingerprint density at radius 1 is 1.26 bits per heavy atom. The average molecular weight is 487 g/mol. The molecule has 1 saturated heterocycles. The van der Waals surface area contributed by atoms with E-state index in [0.717, 1.165) is 64.0 Å². The molecular formula is C28H34N6S. The number of piperidine rings is 1. The van der Waals surface area contributed by atoms with Crippen LogP contribution in [0.5, 0.6) is 0 Å². The molecular weight excluding hydrogens is 452 g/mol. The predicted molar refractivity (Wildman–Crippen MR) is 148 cm³/mol. The molecule has 0 radical (unpaired) electrons. The molecule has 0 atom stereocenters. The number of thioether (sulfide) groups is 1. The van der Waals surface area contributed by atoms with E-state index in [9.17, 15) is 0 Å². The number of allylic oxidation sites excluding steroid dienone is 6. The Morgan fingerprint density at radius 3 is 2.71 bits per heavy atom. The van der Waals surface area contributed by atoms with E-state index in [1.807, 2.05) is 54.2 Å². The van der Waals surface area contributed by atoms with E-state index >= 15 is 0 Å². The molecule has 1 N–H and O–H groups in total. The van der Waals surface area contributed by atoms with Crippen molar-refractivity contribution in [1.82, 2.24) is 25.0 Å². The minimum Gasteiger partial charge on any atom is -0.340 e. The molecule has 4 rings (SSSR count). The number of aromatic nitrogens is 3. The highest BCUT2D eigenvalue weighted by Gasteiger charge is 2.18. The zero-order chi connectivity index (χ0) is 24.8. The molecule has 6 nitrogen and oxygen atoms in total. The maximum atomic E-state index is 4.60. The summed E-state index contributed by atoms with van der Waals surface area (Å²) in [5.41, 5.74) is 6.24. The summed E-state index contributed by atoms with van der Waals surface area (Å²) >= 11 is 1.88. The van der Waals surface area contributed by atoms with Crippen LogP contribution >= 0.6 is 11.8 Å². The van der Waals surface area contributed by atoms with E-state index in [4.69, 9.17) is 0 Å². The van der Waals surface area contributed by atoms with Crippen molar-refractivity contribution in [3.63, 3.8) is 0 Å². The molecule has 0 aromatic carbocycles. The van der Waals surface area contributed by atoms with Gasteiger partial charge in [0, 0.05) is 47.2 Å². The number of aryl methyl sites for hydroxylation is 1. The zero-order valence-corrected chi connectivity index (χ0v) is 21.7. The molecule has 0 amide bonds. The molecule has 1 fully saturated rings. The second-order valence-electron chi connectivity index (χ2n) is 8.99. The van der Waals surface area contributed by atoms with Crippen LogP contribution in [0.15, 0.2) is 83.4 Å². The molecule has 2 aliphatic rings. The lowest BCUT2D eigenvalue weighted by molar-refractivity contribution is 0.282. The fraction of sp³-hybridized carbons (Fsp3) is 0.321. The Balaban J connectivity index is 1.35. The third kappa shape index (κ3) is 6.50. The van der Waals surface area contributed by atoms with Gasteiger partial charge >= 0.3 is 0 Å². The Hall–Kier alpha value is -3.16. The molecule has 0 aliphatic carbocycles. The Kier molecular flexibility index (Phi) is 8.21. The first kappa shape index (κ1) is 24.9. The van der Waals surface area contributed by atoms with Crippen LogP contribution in [0, 0.1) is 6.92 Å². The van der Waals surface area contributed by atoms with Crippen molar-refractivity contribution in [2.75, 3.05) is 20.1 Å². The first-order chi connectivity index (χ1) is 16.9. The summed E-state index contributed by atoms with van der Waals surface area (Å²) in [5, 5.41) is 9.37. The molecule has 0 spiro atoms. The molecule has 0 saturated carbocycles. The number of hydrogen-bond acceptors (Lipinski definition) is 6. The van der Waals surface area contributed by atoms with Gasteiger partial charge in [0.25, 0.3) is 0 Å². The van der Waals surface area contributed by atoms with Crippen molar-refractivity contribution in [1.29, 1.82) is 0 Å². The number of likely N-dealkylation sites (tertiary alicyclic amines) is 1. The quantitative estimate of drug-likeness (QED) is 0.508. The van der Waals surface area contributed by atoms with Crippen LogP contribution in [0.3, 0.4) is 0 Å². The average Bonchev–Trinajstić information content (AvgIpc) is 3.20. The number of pyridine rings is 1. The van der Waals surface area contributed by atoms with Crippen LogP contribution in [0.4, 0.5) is 0 Å². The number of nitrogens with one attached hydrogen (secondary N) is 1. The van der Waals surface area contributed by atoms with Crippen LogP contribution in [-0.2, 0) is 7.05 Å². The van der Waals surface area contributed by atoms with Crippen LogP contribution in [0.25, 0.3) is 11.3 Å². The minimum atomic E-state index is 0.628. The fourth-order valence-corrected chi connectivity index (χ4v) is 5.18. The van der Waals surface area contributed by atoms with Crippen LogP contribution in [0.1, 0.15) is 36.1 Å². The second kappa shape index (κ2) is 11.5. The van der Waals surface area contributed by atoms with Gasteiger partial charge in [-0.15, -0.1) is 11.8 Å². The van der Waals surface area contributed by atoms with E-state index < -0.39 is 0 Å². The molecule has 4 heterocycles. The summed E-state index contributed by atoms with van der Waals surface area (Å²) in [4.78, 5) is 11.6. The Morgan fingerprint density at radius 2 is 2.06 bits per heavy atom. The third-order valence-electron chi connectivity index (χ3n) is 6.46. The molecule has 0 bridgehead atoms. The summed E-state index contributed by atoms with van der Waals surface area (Å²) in [6, 6.07) is 4.12. The number of aliphatic imine (C=N–C) groups is 1. The number of nitrogens with zero attached hydrogens (tertiary/aromatic N) is 5. The molecule has 35 heavy (non-hydrogen) atoms. The van der Waals surface area contributed by atoms with Gasteiger partial charge < -0.3 is 10.2 Å². The van der Waals surface area contributed by atoms with Gasteiger partial charge in [-0.2, -0.15) is 5.10 Å². The van der Waals surface area contributed by atoms with E-state index in [-0.39, 0.29) is 0 Å². The standard InChI is InChI=1S/C28H34N6S/c1-6-23(26-19-31-34(5)21(26)3)9-7-22-8-10-27(30-18-22)32-20(2)24-11-14-29-28(17-24)35-25-12-15-33(4)16-13-25/h6-7,9-11,14,17-19,25,32H,1-2,8,12-13,15-16H2,3-5H3/b22-7+,23-9+. The van der Waals surface area contributed by atoms with Gasteiger partial charge in [-0.25, -0.2) is 9.98 Å². The number of hydrogen-bond donors (Lipinski definition) is 1.